The van der Waals surface area contributed by atoms with E-state index >= 15 is 0 Å². The number of aliphatic hydroxyl groups is 1. The Morgan fingerprint density at radius 1 is 1.54 bits per heavy atom. The van der Waals surface area contributed by atoms with Crippen LogP contribution in [0, 0.1) is 0 Å². The highest BCUT2D eigenvalue weighted by molar-refractivity contribution is 5.78. The summed E-state index contributed by atoms with van der Waals surface area (Å²) in [5.74, 6) is -1.01. The quantitative estimate of drug-likeness (QED) is 0.581. The van der Waals surface area contributed by atoms with Crippen molar-refractivity contribution in [3.63, 3.8) is 0 Å². The Morgan fingerprint density at radius 2 is 2.08 bits per heavy atom. The lowest BCUT2D eigenvalue weighted by Gasteiger charge is -2.17. The second-order valence-corrected chi connectivity index (χ2v) is 2.69. The van der Waals surface area contributed by atoms with Crippen molar-refractivity contribution < 1.29 is 19.4 Å². The fraction of sp³-hybridized carbons (Fsp3) is 0.750. The maximum absolute atomic E-state index is 10.9. The van der Waals surface area contributed by atoms with Crippen molar-refractivity contribution in [1.29, 1.82) is 0 Å². The van der Waals surface area contributed by atoms with Gasteiger partial charge in [-0.15, -0.1) is 0 Å². The number of rotatable bonds is 4. The minimum atomic E-state index is -1.30. The highest BCUT2D eigenvalue weighted by atomic mass is 16.5. The molecule has 0 aliphatic heterocycles. The summed E-state index contributed by atoms with van der Waals surface area (Å²) in [6.07, 6.45) is -1.30. The first-order valence-electron chi connectivity index (χ1n) is 4.10. The third kappa shape index (κ3) is 4.47. The molecule has 76 valence electrons. The van der Waals surface area contributed by atoms with Crippen molar-refractivity contribution in [2.75, 3.05) is 6.61 Å². The zero-order valence-corrected chi connectivity index (χ0v) is 8.03. The van der Waals surface area contributed by atoms with E-state index in [1.807, 2.05) is 0 Å². The van der Waals surface area contributed by atoms with Gasteiger partial charge in [0.25, 0.3) is 0 Å². The van der Waals surface area contributed by atoms with E-state index in [0.29, 0.717) is 0 Å². The molecule has 0 bridgehead atoms. The zero-order chi connectivity index (χ0) is 10.4. The van der Waals surface area contributed by atoms with Crippen LogP contribution in [0.15, 0.2) is 0 Å². The number of hydrogen-bond acceptors (Lipinski definition) is 4. The van der Waals surface area contributed by atoms with Gasteiger partial charge < -0.3 is 15.2 Å². The van der Waals surface area contributed by atoms with E-state index < -0.39 is 18.1 Å². The van der Waals surface area contributed by atoms with Crippen LogP contribution in [0.2, 0.25) is 0 Å². The molecule has 0 aliphatic rings. The number of carbonyl (C=O) groups is 2. The molecule has 1 amide bonds. The first-order chi connectivity index (χ1) is 5.99. The molecule has 0 aliphatic carbocycles. The van der Waals surface area contributed by atoms with Crippen LogP contribution in [0.5, 0.6) is 0 Å². The van der Waals surface area contributed by atoms with E-state index in [1.165, 1.54) is 13.8 Å². The van der Waals surface area contributed by atoms with E-state index in [4.69, 9.17) is 0 Å². The maximum Gasteiger partial charge on any atom is 0.337 e. The molecule has 0 aromatic rings. The van der Waals surface area contributed by atoms with Crippen molar-refractivity contribution in [1.82, 2.24) is 5.32 Å². The minimum absolute atomic E-state index is 0.211. The molecule has 0 aromatic heterocycles. The summed E-state index contributed by atoms with van der Waals surface area (Å²) >= 11 is 0. The average molecular weight is 189 g/mol. The van der Waals surface area contributed by atoms with E-state index in [-0.39, 0.29) is 12.5 Å². The molecule has 0 saturated heterocycles. The second-order valence-electron chi connectivity index (χ2n) is 2.69. The summed E-state index contributed by atoms with van der Waals surface area (Å²) in [7, 11) is 0. The number of aliphatic hydroxyl groups excluding tert-OH is 1. The fourth-order valence-electron chi connectivity index (χ4n) is 0.831. The Balaban J connectivity index is 4.00. The van der Waals surface area contributed by atoms with Crippen LogP contribution in [0.25, 0.3) is 0 Å². The molecule has 0 saturated carbocycles. The summed E-state index contributed by atoms with van der Waals surface area (Å²) in [5, 5.41) is 11.7. The zero-order valence-electron chi connectivity index (χ0n) is 8.03. The summed E-state index contributed by atoms with van der Waals surface area (Å²) in [6.45, 7) is 4.70. The van der Waals surface area contributed by atoms with Gasteiger partial charge in [0.2, 0.25) is 5.91 Å². The predicted octanol–water partition coefficient (Wildman–Crippen LogP) is -0.565. The molecule has 0 radical (unpaired) electrons. The molecular weight excluding hydrogens is 174 g/mol. The molecule has 13 heavy (non-hydrogen) atoms. The topological polar surface area (TPSA) is 75.6 Å². The van der Waals surface area contributed by atoms with Crippen LogP contribution in [0.3, 0.4) is 0 Å². The number of esters is 1. The standard InChI is InChI=1S/C8H15NO4/c1-4-13-8(12)7(11)5(2)9-6(3)10/h5,7,11H,4H2,1-3H3,(H,9,10)/t5-,7+/m0/s1. The van der Waals surface area contributed by atoms with Crippen LogP contribution in [-0.4, -0.2) is 35.7 Å². The van der Waals surface area contributed by atoms with Gasteiger partial charge in [-0.25, -0.2) is 4.79 Å². The third-order valence-electron chi connectivity index (χ3n) is 1.43. The van der Waals surface area contributed by atoms with Gasteiger partial charge in [-0.3, -0.25) is 4.79 Å². The molecular formula is C8H15NO4. The van der Waals surface area contributed by atoms with Gasteiger partial charge in [-0.1, -0.05) is 0 Å². The summed E-state index contributed by atoms with van der Waals surface area (Å²) in [5.41, 5.74) is 0. The molecule has 0 fully saturated rings. The van der Waals surface area contributed by atoms with Crippen LogP contribution in [0.1, 0.15) is 20.8 Å². The van der Waals surface area contributed by atoms with E-state index in [9.17, 15) is 14.7 Å². The monoisotopic (exact) mass is 189 g/mol. The van der Waals surface area contributed by atoms with E-state index in [1.54, 1.807) is 6.92 Å². The van der Waals surface area contributed by atoms with Gasteiger partial charge in [0, 0.05) is 6.92 Å². The summed E-state index contributed by atoms with van der Waals surface area (Å²) in [4.78, 5) is 21.5. The number of amides is 1. The third-order valence-corrected chi connectivity index (χ3v) is 1.43. The largest absolute Gasteiger partial charge is 0.464 e. The first kappa shape index (κ1) is 11.9. The Bertz CT molecular complexity index is 193. The van der Waals surface area contributed by atoms with Crippen LogP contribution in [0.4, 0.5) is 0 Å². The Labute approximate surface area is 77.1 Å². The van der Waals surface area contributed by atoms with Crippen molar-refractivity contribution in [2.45, 2.75) is 32.9 Å². The molecule has 0 spiro atoms. The van der Waals surface area contributed by atoms with Gasteiger partial charge in [-0.2, -0.15) is 0 Å². The summed E-state index contributed by atoms with van der Waals surface area (Å²) in [6, 6.07) is -0.628. The van der Waals surface area contributed by atoms with Gasteiger partial charge in [-0.05, 0) is 13.8 Å². The first-order valence-corrected chi connectivity index (χ1v) is 4.10. The second kappa shape index (κ2) is 5.53. The Morgan fingerprint density at radius 3 is 2.46 bits per heavy atom. The molecule has 0 rings (SSSR count). The lowest BCUT2D eigenvalue weighted by atomic mass is 10.2. The van der Waals surface area contributed by atoms with Crippen molar-refractivity contribution >= 4 is 11.9 Å². The van der Waals surface area contributed by atoms with Crippen molar-refractivity contribution in [3.8, 4) is 0 Å². The number of carbonyl (C=O) groups excluding carboxylic acids is 2. The Hall–Kier alpha value is -1.10. The number of hydrogen-bond donors (Lipinski definition) is 2. The molecule has 5 heteroatoms. The molecule has 0 aromatic carbocycles. The Kier molecular flexibility index (Phi) is 5.06. The average Bonchev–Trinajstić information content (AvgIpc) is 2.02. The van der Waals surface area contributed by atoms with E-state index in [0.717, 1.165) is 0 Å². The number of nitrogens with one attached hydrogen (secondary N) is 1. The lowest BCUT2D eigenvalue weighted by molar-refractivity contribution is -0.154. The van der Waals surface area contributed by atoms with Gasteiger partial charge in [0.1, 0.15) is 0 Å². The van der Waals surface area contributed by atoms with Crippen molar-refractivity contribution in [2.24, 2.45) is 0 Å². The van der Waals surface area contributed by atoms with Gasteiger partial charge >= 0.3 is 5.97 Å². The highest BCUT2D eigenvalue weighted by Gasteiger charge is 2.23. The highest BCUT2D eigenvalue weighted by Crippen LogP contribution is 1.95. The van der Waals surface area contributed by atoms with Crippen LogP contribution < -0.4 is 5.32 Å². The smallest absolute Gasteiger partial charge is 0.337 e. The minimum Gasteiger partial charge on any atom is -0.464 e. The van der Waals surface area contributed by atoms with Crippen molar-refractivity contribution in [3.05, 3.63) is 0 Å². The SMILES string of the molecule is CCOC(=O)[C@H](O)[C@H](C)NC(C)=O. The number of ether oxygens (including phenoxy) is 1. The van der Waals surface area contributed by atoms with E-state index in [2.05, 4.69) is 10.1 Å². The fourth-order valence-corrected chi connectivity index (χ4v) is 0.831. The maximum atomic E-state index is 10.9. The van der Waals surface area contributed by atoms with Gasteiger partial charge in [0.05, 0.1) is 12.6 Å². The normalized spacial score (nSPS) is 14.5. The molecule has 0 unspecified atom stereocenters. The molecule has 0 heterocycles. The van der Waals surface area contributed by atoms with Gasteiger partial charge in [0.15, 0.2) is 6.10 Å². The molecule has 2 atom stereocenters. The van der Waals surface area contributed by atoms with Crippen LogP contribution in [-0.2, 0) is 14.3 Å². The summed E-state index contributed by atoms with van der Waals surface area (Å²) < 4.78 is 4.57. The lowest BCUT2D eigenvalue weighted by Crippen LogP contribution is -2.44. The predicted molar refractivity (Wildman–Crippen MR) is 45.9 cm³/mol. The molecule has 5 nitrogen and oxygen atoms in total. The van der Waals surface area contributed by atoms with Crippen LogP contribution >= 0.6 is 0 Å². The molecule has 2 N–H and O–H groups in total.